The fourth-order valence-corrected chi connectivity index (χ4v) is 2.57. The summed E-state index contributed by atoms with van der Waals surface area (Å²) >= 11 is 0. The molecule has 0 saturated heterocycles. The van der Waals surface area contributed by atoms with Crippen LogP contribution in [0.25, 0.3) is 0 Å². The molecule has 1 heterocycles. The Hall–Kier alpha value is -2.31. The van der Waals surface area contributed by atoms with E-state index in [4.69, 9.17) is 10.00 Å². The van der Waals surface area contributed by atoms with E-state index in [9.17, 15) is 0 Å². The summed E-state index contributed by atoms with van der Waals surface area (Å²) in [5.74, 6) is 0.963. The van der Waals surface area contributed by atoms with E-state index in [2.05, 4.69) is 17.5 Å². The van der Waals surface area contributed by atoms with E-state index in [0.29, 0.717) is 6.54 Å². The van der Waals surface area contributed by atoms with Gasteiger partial charge in [0, 0.05) is 24.6 Å². The van der Waals surface area contributed by atoms with Gasteiger partial charge in [-0.25, -0.2) is 0 Å². The summed E-state index contributed by atoms with van der Waals surface area (Å²) in [5, 5.41) is 12.7. The first kappa shape index (κ1) is 12.7. The van der Waals surface area contributed by atoms with Crippen LogP contribution in [0.1, 0.15) is 29.2 Å². The molecule has 2 aromatic carbocycles. The zero-order valence-corrected chi connectivity index (χ0v) is 11.2. The largest absolute Gasteiger partial charge is 0.493 e. The summed E-state index contributed by atoms with van der Waals surface area (Å²) < 4.78 is 5.66. The van der Waals surface area contributed by atoms with Gasteiger partial charge in [-0.15, -0.1) is 0 Å². The first-order valence-corrected chi connectivity index (χ1v) is 6.81. The number of rotatable bonds is 3. The molecule has 1 N–H and O–H groups in total. The quantitative estimate of drug-likeness (QED) is 0.926. The molecule has 3 nitrogen and oxygen atoms in total. The van der Waals surface area contributed by atoms with Gasteiger partial charge >= 0.3 is 0 Å². The Morgan fingerprint density at radius 2 is 1.95 bits per heavy atom. The third-order valence-electron chi connectivity index (χ3n) is 3.64. The monoisotopic (exact) mass is 264 g/mol. The Kier molecular flexibility index (Phi) is 3.67. The predicted molar refractivity (Wildman–Crippen MR) is 77.3 cm³/mol. The summed E-state index contributed by atoms with van der Waals surface area (Å²) in [7, 11) is 0. The number of nitrogens with one attached hydrogen (secondary N) is 1. The molecular formula is C17H16N2O. The molecule has 3 rings (SSSR count). The van der Waals surface area contributed by atoms with Gasteiger partial charge < -0.3 is 10.1 Å². The van der Waals surface area contributed by atoms with Gasteiger partial charge in [0.1, 0.15) is 5.75 Å². The van der Waals surface area contributed by atoms with Gasteiger partial charge in [-0.3, -0.25) is 0 Å². The molecule has 1 aliphatic heterocycles. The van der Waals surface area contributed by atoms with Crippen molar-refractivity contribution in [3.63, 3.8) is 0 Å². The molecule has 1 atom stereocenters. The molecule has 0 aromatic heterocycles. The lowest BCUT2D eigenvalue weighted by molar-refractivity contribution is 0.252. The number of nitrogens with zero attached hydrogens (tertiary/aromatic N) is 1. The molecule has 0 aliphatic carbocycles. The Balaban J connectivity index is 1.75. The topological polar surface area (TPSA) is 45.0 Å². The summed E-state index contributed by atoms with van der Waals surface area (Å²) in [5.41, 5.74) is 2.98. The van der Waals surface area contributed by atoms with E-state index in [1.807, 2.05) is 42.5 Å². The van der Waals surface area contributed by atoms with Gasteiger partial charge in [0.05, 0.1) is 18.2 Å². The van der Waals surface area contributed by atoms with Crippen LogP contribution in [0.15, 0.2) is 48.5 Å². The maximum Gasteiger partial charge on any atom is 0.124 e. The van der Waals surface area contributed by atoms with Gasteiger partial charge in [0.2, 0.25) is 0 Å². The minimum atomic E-state index is 0.284. The third kappa shape index (κ3) is 2.52. The highest BCUT2D eigenvalue weighted by atomic mass is 16.5. The highest BCUT2D eigenvalue weighted by Gasteiger charge is 2.20. The first-order chi connectivity index (χ1) is 9.88. The van der Waals surface area contributed by atoms with Crippen molar-refractivity contribution >= 4 is 0 Å². The molecule has 1 unspecified atom stereocenters. The Morgan fingerprint density at radius 3 is 2.85 bits per heavy atom. The molecule has 1 aliphatic rings. The van der Waals surface area contributed by atoms with E-state index < -0.39 is 0 Å². The van der Waals surface area contributed by atoms with Crippen molar-refractivity contribution in [2.24, 2.45) is 0 Å². The summed E-state index contributed by atoms with van der Waals surface area (Å²) in [6, 6.07) is 18.4. The van der Waals surface area contributed by atoms with Crippen LogP contribution in [0.5, 0.6) is 5.75 Å². The van der Waals surface area contributed by atoms with Crippen molar-refractivity contribution in [1.29, 1.82) is 5.26 Å². The van der Waals surface area contributed by atoms with Gasteiger partial charge in [-0.2, -0.15) is 5.26 Å². The van der Waals surface area contributed by atoms with E-state index in [1.165, 1.54) is 5.56 Å². The van der Waals surface area contributed by atoms with Gasteiger partial charge in [0.25, 0.3) is 0 Å². The molecule has 0 saturated carbocycles. The zero-order valence-electron chi connectivity index (χ0n) is 11.2. The van der Waals surface area contributed by atoms with Gasteiger partial charge in [-0.1, -0.05) is 36.4 Å². The molecule has 0 fully saturated rings. The number of nitriles is 1. The molecule has 3 heteroatoms. The molecule has 100 valence electrons. The number of hydrogen-bond acceptors (Lipinski definition) is 3. The Labute approximate surface area is 118 Å². The SMILES string of the molecule is N#Cc1ccccc1CNC1CCOc2ccccc21. The lowest BCUT2D eigenvalue weighted by atomic mass is 10.00. The van der Waals surface area contributed by atoms with Crippen LogP contribution in [0.4, 0.5) is 0 Å². The van der Waals surface area contributed by atoms with Crippen LogP contribution in [-0.4, -0.2) is 6.61 Å². The van der Waals surface area contributed by atoms with Crippen LogP contribution in [0.3, 0.4) is 0 Å². The van der Waals surface area contributed by atoms with Crippen molar-refractivity contribution < 1.29 is 4.74 Å². The summed E-state index contributed by atoms with van der Waals surface area (Å²) in [6.45, 7) is 1.43. The minimum absolute atomic E-state index is 0.284. The molecule has 0 bridgehead atoms. The molecular weight excluding hydrogens is 248 g/mol. The lowest BCUT2D eigenvalue weighted by Crippen LogP contribution is -2.27. The van der Waals surface area contributed by atoms with Gasteiger partial charge in [0.15, 0.2) is 0 Å². The van der Waals surface area contributed by atoms with E-state index >= 15 is 0 Å². The molecule has 20 heavy (non-hydrogen) atoms. The zero-order chi connectivity index (χ0) is 13.8. The number of para-hydroxylation sites is 1. The minimum Gasteiger partial charge on any atom is -0.493 e. The smallest absolute Gasteiger partial charge is 0.124 e. The number of fused-ring (bicyclic) bond motifs is 1. The average Bonchev–Trinajstić information content (AvgIpc) is 2.53. The van der Waals surface area contributed by atoms with Crippen molar-refractivity contribution in [2.45, 2.75) is 19.0 Å². The molecule has 2 aromatic rings. The fourth-order valence-electron chi connectivity index (χ4n) is 2.57. The van der Waals surface area contributed by atoms with Crippen LogP contribution < -0.4 is 10.1 Å². The summed E-state index contributed by atoms with van der Waals surface area (Å²) in [4.78, 5) is 0. The van der Waals surface area contributed by atoms with Crippen LogP contribution in [0, 0.1) is 11.3 Å². The number of ether oxygens (including phenoxy) is 1. The number of benzene rings is 2. The van der Waals surface area contributed by atoms with Crippen LogP contribution in [-0.2, 0) is 6.54 Å². The van der Waals surface area contributed by atoms with E-state index in [1.54, 1.807) is 0 Å². The second kappa shape index (κ2) is 5.77. The first-order valence-electron chi connectivity index (χ1n) is 6.81. The molecule has 0 amide bonds. The lowest BCUT2D eigenvalue weighted by Gasteiger charge is -2.26. The van der Waals surface area contributed by atoms with Crippen molar-refractivity contribution in [3.8, 4) is 11.8 Å². The van der Waals surface area contributed by atoms with E-state index in [0.717, 1.165) is 29.9 Å². The fraction of sp³-hybridized carbons (Fsp3) is 0.235. The van der Waals surface area contributed by atoms with Crippen molar-refractivity contribution in [2.75, 3.05) is 6.61 Å². The molecule has 0 spiro atoms. The summed E-state index contributed by atoms with van der Waals surface area (Å²) in [6.07, 6.45) is 0.950. The number of hydrogen-bond donors (Lipinski definition) is 1. The third-order valence-corrected chi connectivity index (χ3v) is 3.64. The Bertz CT molecular complexity index is 645. The maximum atomic E-state index is 9.12. The van der Waals surface area contributed by atoms with Crippen molar-refractivity contribution in [1.82, 2.24) is 5.32 Å². The average molecular weight is 264 g/mol. The maximum absolute atomic E-state index is 9.12. The van der Waals surface area contributed by atoms with Crippen LogP contribution in [0.2, 0.25) is 0 Å². The highest BCUT2D eigenvalue weighted by Crippen LogP contribution is 2.31. The van der Waals surface area contributed by atoms with Crippen LogP contribution >= 0.6 is 0 Å². The molecule has 0 radical (unpaired) electrons. The normalized spacial score (nSPS) is 16.9. The second-order valence-electron chi connectivity index (χ2n) is 4.88. The Morgan fingerprint density at radius 1 is 1.15 bits per heavy atom. The van der Waals surface area contributed by atoms with Gasteiger partial charge in [-0.05, 0) is 17.7 Å². The second-order valence-corrected chi connectivity index (χ2v) is 4.88. The van der Waals surface area contributed by atoms with Crippen molar-refractivity contribution in [3.05, 3.63) is 65.2 Å². The standard InChI is InChI=1S/C17H16N2O/c18-11-13-5-1-2-6-14(13)12-19-16-9-10-20-17-8-4-3-7-15(16)17/h1-8,16,19H,9-10,12H2. The van der Waals surface area contributed by atoms with E-state index in [-0.39, 0.29) is 6.04 Å². The highest BCUT2D eigenvalue weighted by molar-refractivity contribution is 5.39. The predicted octanol–water partition coefficient (Wildman–Crippen LogP) is 3.17.